The van der Waals surface area contributed by atoms with Crippen LogP contribution < -0.4 is 10.6 Å². The van der Waals surface area contributed by atoms with Crippen molar-refractivity contribution in [1.82, 2.24) is 20.1 Å². The number of nitrogens with zero attached hydrogens (tertiary/aromatic N) is 3. The Morgan fingerprint density at radius 3 is 2.69 bits per heavy atom. The average Bonchev–Trinajstić information content (AvgIpc) is 3.13. The number of urea groups is 1. The second-order valence-corrected chi connectivity index (χ2v) is 8.01. The van der Waals surface area contributed by atoms with E-state index in [-0.39, 0.29) is 39.9 Å². The Balaban J connectivity index is 1.40. The van der Waals surface area contributed by atoms with E-state index in [0.717, 1.165) is 25.2 Å². The molecule has 7 nitrogen and oxygen atoms in total. The first-order chi connectivity index (χ1) is 14.0. The maximum absolute atomic E-state index is 12.8. The van der Waals surface area contributed by atoms with Crippen molar-refractivity contribution in [3.8, 4) is 0 Å². The topological polar surface area (TPSA) is 77.6 Å². The number of benzene rings is 1. The number of amides is 3. The van der Waals surface area contributed by atoms with E-state index in [1.807, 2.05) is 35.2 Å². The number of halogens is 2. The van der Waals surface area contributed by atoms with Crippen LogP contribution in [-0.2, 0) is 0 Å². The summed E-state index contributed by atoms with van der Waals surface area (Å²) in [5.41, 5.74) is 0.873. The van der Waals surface area contributed by atoms with Crippen LogP contribution in [0.15, 0.2) is 42.5 Å². The molecule has 2 saturated heterocycles. The summed E-state index contributed by atoms with van der Waals surface area (Å²) >= 11 is 11.9. The molecule has 1 aromatic heterocycles. The van der Waals surface area contributed by atoms with E-state index in [2.05, 4.69) is 20.5 Å². The minimum absolute atomic E-state index is 0.0252. The summed E-state index contributed by atoms with van der Waals surface area (Å²) in [5, 5.41) is 6.30. The van der Waals surface area contributed by atoms with Gasteiger partial charge >= 0.3 is 6.03 Å². The number of hydrogen-bond acceptors (Lipinski definition) is 4. The molecule has 3 atom stereocenters. The van der Waals surface area contributed by atoms with Crippen molar-refractivity contribution >= 4 is 40.8 Å². The van der Waals surface area contributed by atoms with E-state index in [9.17, 15) is 9.59 Å². The van der Waals surface area contributed by atoms with E-state index in [1.165, 1.54) is 6.07 Å². The normalized spacial score (nSPS) is 23.0. The number of aromatic nitrogens is 1. The van der Waals surface area contributed by atoms with E-state index in [4.69, 9.17) is 23.2 Å². The standard InChI is InChI=1S/C20H21Cl2N5O2/c21-16-6-7-17(22)25-18(16)19(28)23-10-15-12-27(14-8-9-26(15)11-14)20(29)24-13-4-2-1-3-5-13/h1-7,14-15H,8-12H2,(H,23,28)(H,24,29)/t14-,15-/m0/s1. The molecule has 9 heteroatoms. The molecule has 4 rings (SSSR count). The number of carbonyl (C=O) groups is 2. The maximum atomic E-state index is 12.8. The molecule has 0 radical (unpaired) electrons. The van der Waals surface area contributed by atoms with Crippen LogP contribution in [0.2, 0.25) is 10.2 Å². The predicted molar refractivity (Wildman–Crippen MR) is 113 cm³/mol. The summed E-state index contributed by atoms with van der Waals surface area (Å²) in [6.07, 6.45) is 0.925. The van der Waals surface area contributed by atoms with Gasteiger partial charge in [-0.1, -0.05) is 41.4 Å². The van der Waals surface area contributed by atoms with Gasteiger partial charge in [0.25, 0.3) is 5.91 Å². The minimum Gasteiger partial charge on any atom is -0.349 e. The highest BCUT2D eigenvalue weighted by Gasteiger charge is 2.40. The molecule has 29 heavy (non-hydrogen) atoms. The van der Waals surface area contributed by atoms with Crippen molar-refractivity contribution in [2.24, 2.45) is 0 Å². The predicted octanol–water partition coefficient (Wildman–Crippen LogP) is 3.11. The molecular weight excluding hydrogens is 413 g/mol. The SMILES string of the molecule is O=C(NC[C@H]1CN(C(=O)Nc2ccccc2)[C@H]2CCN1C2)c1nc(Cl)ccc1Cl. The Kier molecular flexibility index (Phi) is 5.89. The second kappa shape index (κ2) is 8.57. The Morgan fingerprint density at radius 1 is 1.10 bits per heavy atom. The number of rotatable bonds is 4. The molecule has 152 valence electrons. The van der Waals surface area contributed by atoms with Crippen molar-refractivity contribution in [2.45, 2.75) is 18.5 Å². The third kappa shape index (κ3) is 4.47. The first-order valence-electron chi connectivity index (χ1n) is 9.48. The Labute approximate surface area is 179 Å². The fourth-order valence-corrected chi connectivity index (χ4v) is 4.22. The summed E-state index contributed by atoms with van der Waals surface area (Å²) in [5.74, 6) is -0.376. The summed E-state index contributed by atoms with van der Waals surface area (Å²) in [6, 6.07) is 12.6. The van der Waals surface area contributed by atoms with E-state index in [0.29, 0.717) is 13.1 Å². The van der Waals surface area contributed by atoms with Crippen LogP contribution in [-0.4, -0.2) is 65.0 Å². The summed E-state index contributed by atoms with van der Waals surface area (Å²) < 4.78 is 0. The molecule has 3 heterocycles. The van der Waals surface area contributed by atoms with Gasteiger partial charge in [0.15, 0.2) is 0 Å². The Morgan fingerprint density at radius 2 is 1.90 bits per heavy atom. The number of para-hydroxylation sites is 1. The van der Waals surface area contributed by atoms with Crippen LogP contribution in [0.4, 0.5) is 10.5 Å². The first-order valence-corrected chi connectivity index (χ1v) is 10.2. The highest BCUT2D eigenvalue weighted by Crippen LogP contribution is 2.25. The summed E-state index contributed by atoms with van der Waals surface area (Å²) in [6.45, 7) is 2.64. The van der Waals surface area contributed by atoms with Gasteiger partial charge in [0.2, 0.25) is 0 Å². The number of pyridine rings is 1. The van der Waals surface area contributed by atoms with Crippen molar-refractivity contribution in [1.29, 1.82) is 0 Å². The third-order valence-electron chi connectivity index (χ3n) is 5.37. The maximum Gasteiger partial charge on any atom is 0.322 e. The largest absolute Gasteiger partial charge is 0.349 e. The van der Waals surface area contributed by atoms with Gasteiger partial charge in [0.1, 0.15) is 10.8 Å². The van der Waals surface area contributed by atoms with Crippen LogP contribution in [0.3, 0.4) is 0 Å². The van der Waals surface area contributed by atoms with Crippen LogP contribution >= 0.6 is 23.2 Å². The zero-order valence-electron chi connectivity index (χ0n) is 15.6. The van der Waals surface area contributed by atoms with Gasteiger partial charge in [-0.2, -0.15) is 0 Å². The molecule has 0 spiro atoms. The number of carbonyl (C=O) groups excluding carboxylic acids is 2. The van der Waals surface area contributed by atoms with Gasteiger partial charge in [-0.05, 0) is 30.7 Å². The third-order valence-corrected chi connectivity index (χ3v) is 5.89. The molecule has 1 unspecified atom stereocenters. The molecule has 2 fully saturated rings. The van der Waals surface area contributed by atoms with Crippen molar-refractivity contribution < 1.29 is 9.59 Å². The molecule has 2 N–H and O–H groups in total. The zero-order chi connectivity index (χ0) is 20.4. The number of hydrogen-bond donors (Lipinski definition) is 2. The van der Waals surface area contributed by atoms with E-state index in [1.54, 1.807) is 6.07 Å². The van der Waals surface area contributed by atoms with Gasteiger partial charge in [-0.3, -0.25) is 9.69 Å². The monoisotopic (exact) mass is 433 g/mol. The van der Waals surface area contributed by atoms with Crippen LogP contribution in [0, 0.1) is 0 Å². The van der Waals surface area contributed by atoms with Crippen molar-refractivity contribution in [2.75, 3.05) is 31.5 Å². The molecule has 3 amide bonds. The summed E-state index contributed by atoms with van der Waals surface area (Å²) in [4.78, 5) is 33.5. The lowest BCUT2D eigenvalue weighted by molar-refractivity contribution is 0.0879. The number of fused-ring (bicyclic) bond motifs is 2. The minimum atomic E-state index is -0.376. The smallest absolute Gasteiger partial charge is 0.322 e. The van der Waals surface area contributed by atoms with Crippen molar-refractivity contribution in [3.63, 3.8) is 0 Å². The van der Waals surface area contributed by atoms with Crippen molar-refractivity contribution in [3.05, 3.63) is 58.3 Å². The molecule has 2 aliphatic rings. The second-order valence-electron chi connectivity index (χ2n) is 7.21. The molecule has 2 aromatic rings. The quantitative estimate of drug-likeness (QED) is 0.726. The Bertz CT molecular complexity index is 911. The van der Waals surface area contributed by atoms with E-state index >= 15 is 0 Å². The fraction of sp³-hybridized carbons (Fsp3) is 0.350. The first kappa shape index (κ1) is 19.9. The zero-order valence-corrected chi connectivity index (χ0v) is 17.2. The molecule has 0 saturated carbocycles. The number of piperazine rings is 1. The Hall–Kier alpha value is -2.35. The molecule has 1 aromatic carbocycles. The van der Waals surface area contributed by atoms with E-state index < -0.39 is 0 Å². The number of anilines is 1. The molecule has 2 aliphatic heterocycles. The van der Waals surface area contributed by atoms with Gasteiger partial charge < -0.3 is 15.5 Å². The van der Waals surface area contributed by atoms with Crippen LogP contribution in [0.5, 0.6) is 0 Å². The number of nitrogens with one attached hydrogen (secondary N) is 2. The van der Waals surface area contributed by atoms with Gasteiger partial charge in [-0.15, -0.1) is 0 Å². The lowest BCUT2D eigenvalue weighted by atomic mass is 10.1. The molecule has 0 aliphatic carbocycles. The van der Waals surface area contributed by atoms with Gasteiger partial charge in [0, 0.05) is 44.0 Å². The average molecular weight is 434 g/mol. The van der Waals surface area contributed by atoms with Gasteiger partial charge in [0.05, 0.1) is 5.02 Å². The van der Waals surface area contributed by atoms with Crippen LogP contribution in [0.1, 0.15) is 16.9 Å². The molecule has 2 bridgehead atoms. The highest BCUT2D eigenvalue weighted by molar-refractivity contribution is 6.34. The lowest BCUT2D eigenvalue weighted by Crippen LogP contribution is -2.58. The van der Waals surface area contributed by atoms with Crippen LogP contribution in [0.25, 0.3) is 0 Å². The highest BCUT2D eigenvalue weighted by atomic mass is 35.5. The molecular formula is C20H21Cl2N5O2. The van der Waals surface area contributed by atoms with Gasteiger partial charge in [-0.25, -0.2) is 9.78 Å². The fourth-order valence-electron chi connectivity index (χ4n) is 3.88. The summed E-state index contributed by atoms with van der Waals surface area (Å²) in [7, 11) is 0. The lowest BCUT2D eigenvalue weighted by Gasteiger charge is -2.40.